The minimum absolute atomic E-state index is 0.0209. The molecule has 0 radical (unpaired) electrons. The van der Waals surface area contributed by atoms with Crippen LogP contribution < -0.4 is 9.46 Å². The van der Waals surface area contributed by atoms with Gasteiger partial charge in [-0.25, -0.2) is 13.1 Å². The molecular weight excluding hydrogens is 366 g/mol. The van der Waals surface area contributed by atoms with E-state index in [2.05, 4.69) is 0 Å². The maximum atomic E-state index is 12.5. The van der Waals surface area contributed by atoms with Crippen molar-refractivity contribution in [2.45, 2.75) is 25.3 Å². The van der Waals surface area contributed by atoms with E-state index in [0.29, 0.717) is 11.3 Å². The second-order valence-corrected chi connectivity index (χ2v) is 7.74. The molecular formula is C20H19NO5S. The van der Waals surface area contributed by atoms with Crippen LogP contribution in [0.5, 0.6) is 5.75 Å². The highest BCUT2D eigenvalue weighted by Gasteiger charge is 2.23. The first-order valence-corrected chi connectivity index (χ1v) is 9.74. The van der Waals surface area contributed by atoms with Crippen LogP contribution in [0, 0.1) is 13.8 Å². The lowest BCUT2D eigenvalue weighted by atomic mass is 10.1. The molecule has 0 unspecified atom stereocenters. The van der Waals surface area contributed by atoms with E-state index in [4.69, 9.17) is 9.15 Å². The zero-order valence-electron chi connectivity index (χ0n) is 14.9. The number of carbonyl (C=O) groups is 1. The molecule has 3 rings (SSSR count). The molecule has 0 aliphatic carbocycles. The average Bonchev–Trinajstić information content (AvgIpc) is 3.11. The standard InChI is InChI=1S/C20H19NO5S/c1-14-8-9-18(12-15(14)2)27(23,24)21-20(22)19-16(10-11-25-19)13-26-17-6-4-3-5-7-17/h3-12H,13H2,1-2H3,(H,21,22). The van der Waals surface area contributed by atoms with Crippen LogP contribution in [-0.4, -0.2) is 14.3 Å². The number of aryl methyl sites for hydroxylation is 2. The minimum atomic E-state index is -4.01. The van der Waals surface area contributed by atoms with Crippen molar-refractivity contribution in [3.05, 3.63) is 83.3 Å². The number of sulfonamides is 1. The summed E-state index contributed by atoms with van der Waals surface area (Å²) in [6.07, 6.45) is 1.32. The number of hydrogen-bond acceptors (Lipinski definition) is 5. The van der Waals surface area contributed by atoms with Gasteiger partial charge in [0, 0.05) is 5.56 Å². The summed E-state index contributed by atoms with van der Waals surface area (Å²) in [7, 11) is -4.01. The van der Waals surface area contributed by atoms with Crippen LogP contribution in [0.25, 0.3) is 0 Å². The highest BCUT2D eigenvalue weighted by Crippen LogP contribution is 2.18. The van der Waals surface area contributed by atoms with Gasteiger partial charge >= 0.3 is 5.91 Å². The fraction of sp³-hybridized carbons (Fsp3) is 0.150. The number of carbonyl (C=O) groups excluding carboxylic acids is 1. The molecule has 0 saturated carbocycles. The Labute approximate surface area is 157 Å². The Hall–Kier alpha value is -3.06. The van der Waals surface area contributed by atoms with Gasteiger partial charge in [0.05, 0.1) is 11.2 Å². The number of rotatable bonds is 6. The maximum absolute atomic E-state index is 12.5. The molecule has 0 aliphatic rings. The number of hydrogen-bond donors (Lipinski definition) is 1. The predicted molar refractivity (Wildman–Crippen MR) is 100 cm³/mol. The summed E-state index contributed by atoms with van der Waals surface area (Å²) in [6.45, 7) is 3.76. The van der Waals surface area contributed by atoms with Crippen molar-refractivity contribution in [1.82, 2.24) is 4.72 Å². The molecule has 140 valence electrons. The van der Waals surface area contributed by atoms with Crippen LogP contribution >= 0.6 is 0 Å². The van der Waals surface area contributed by atoms with E-state index in [1.54, 1.807) is 24.3 Å². The summed E-state index contributed by atoms with van der Waals surface area (Å²) in [5, 5.41) is 0. The molecule has 0 aliphatic heterocycles. The number of benzene rings is 2. The largest absolute Gasteiger partial charge is 0.489 e. The van der Waals surface area contributed by atoms with Gasteiger partial charge in [-0.15, -0.1) is 0 Å². The zero-order chi connectivity index (χ0) is 19.4. The summed E-state index contributed by atoms with van der Waals surface area (Å²) >= 11 is 0. The first-order valence-electron chi connectivity index (χ1n) is 8.25. The van der Waals surface area contributed by atoms with Crippen molar-refractivity contribution in [2.75, 3.05) is 0 Å². The smallest absolute Gasteiger partial charge is 0.301 e. The van der Waals surface area contributed by atoms with Gasteiger partial charge < -0.3 is 9.15 Å². The number of amides is 1. The second kappa shape index (κ2) is 7.67. The van der Waals surface area contributed by atoms with E-state index < -0.39 is 15.9 Å². The summed E-state index contributed by atoms with van der Waals surface area (Å²) in [4.78, 5) is 12.5. The van der Waals surface area contributed by atoms with Gasteiger partial charge in [0.15, 0.2) is 5.76 Å². The van der Waals surface area contributed by atoms with Gasteiger partial charge in [0.1, 0.15) is 12.4 Å². The summed E-state index contributed by atoms with van der Waals surface area (Å²) < 4.78 is 37.8. The first kappa shape index (κ1) is 18.7. The molecule has 0 saturated heterocycles. The van der Waals surface area contributed by atoms with Crippen molar-refractivity contribution < 1.29 is 22.4 Å². The van der Waals surface area contributed by atoms with E-state index in [0.717, 1.165) is 11.1 Å². The molecule has 6 nitrogen and oxygen atoms in total. The fourth-order valence-electron chi connectivity index (χ4n) is 2.43. The normalized spacial score (nSPS) is 11.2. The van der Waals surface area contributed by atoms with Crippen molar-refractivity contribution in [2.24, 2.45) is 0 Å². The minimum Gasteiger partial charge on any atom is -0.489 e. The van der Waals surface area contributed by atoms with Crippen molar-refractivity contribution in [3.63, 3.8) is 0 Å². The molecule has 7 heteroatoms. The third-order valence-corrected chi connectivity index (χ3v) is 5.43. The molecule has 3 aromatic rings. The molecule has 1 heterocycles. The Bertz CT molecular complexity index is 1050. The van der Waals surface area contributed by atoms with E-state index in [9.17, 15) is 13.2 Å². The van der Waals surface area contributed by atoms with Crippen molar-refractivity contribution in [1.29, 1.82) is 0 Å². The quantitative estimate of drug-likeness (QED) is 0.701. The Balaban J connectivity index is 1.74. The van der Waals surface area contributed by atoms with E-state index in [-0.39, 0.29) is 17.3 Å². The Morgan fingerprint density at radius 3 is 2.48 bits per heavy atom. The first-order chi connectivity index (χ1) is 12.9. The Morgan fingerprint density at radius 1 is 1.04 bits per heavy atom. The van der Waals surface area contributed by atoms with Gasteiger partial charge in [0.25, 0.3) is 10.0 Å². The number of para-hydroxylation sites is 1. The lowest BCUT2D eigenvalue weighted by Gasteiger charge is -2.09. The molecule has 0 bridgehead atoms. The van der Waals surface area contributed by atoms with Crippen molar-refractivity contribution >= 4 is 15.9 Å². The van der Waals surface area contributed by atoms with Crippen LogP contribution in [0.4, 0.5) is 0 Å². The Morgan fingerprint density at radius 2 is 1.78 bits per heavy atom. The van der Waals surface area contributed by atoms with E-state index in [1.807, 2.05) is 36.8 Å². The topological polar surface area (TPSA) is 85.6 Å². The lowest BCUT2D eigenvalue weighted by molar-refractivity contribution is 0.0951. The van der Waals surface area contributed by atoms with E-state index in [1.165, 1.54) is 18.4 Å². The lowest BCUT2D eigenvalue weighted by Crippen LogP contribution is -2.31. The van der Waals surface area contributed by atoms with Crippen LogP contribution in [0.3, 0.4) is 0 Å². The van der Waals surface area contributed by atoms with Gasteiger partial charge in [-0.3, -0.25) is 4.79 Å². The molecule has 0 atom stereocenters. The summed E-state index contributed by atoms with van der Waals surface area (Å²) in [6, 6.07) is 15.3. The second-order valence-electron chi connectivity index (χ2n) is 6.06. The van der Waals surface area contributed by atoms with Gasteiger partial charge in [-0.05, 0) is 55.3 Å². The highest BCUT2D eigenvalue weighted by molar-refractivity contribution is 7.90. The highest BCUT2D eigenvalue weighted by atomic mass is 32.2. The van der Waals surface area contributed by atoms with E-state index >= 15 is 0 Å². The van der Waals surface area contributed by atoms with Crippen LogP contribution in [0.15, 0.2) is 70.2 Å². The summed E-state index contributed by atoms with van der Waals surface area (Å²) in [5.41, 5.74) is 2.23. The molecule has 0 spiro atoms. The number of nitrogens with one attached hydrogen (secondary N) is 1. The zero-order valence-corrected chi connectivity index (χ0v) is 15.7. The van der Waals surface area contributed by atoms with Crippen molar-refractivity contribution in [3.8, 4) is 5.75 Å². The number of furan rings is 1. The van der Waals surface area contributed by atoms with Crippen LogP contribution in [-0.2, 0) is 16.6 Å². The Kier molecular flexibility index (Phi) is 5.32. The van der Waals surface area contributed by atoms with Crippen LogP contribution in [0.1, 0.15) is 27.2 Å². The molecule has 2 aromatic carbocycles. The fourth-order valence-corrected chi connectivity index (χ4v) is 3.47. The molecule has 1 N–H and O–H groups in total. The van der Waals surface area contributed by atoms with Gasteiger partial charge in [-0.2, -0.15) is 0 Å². The average molecular weight is 385 g/mol. The maximum Gasteiger partial charge on any atom is 0.301 e. The van der Waals surface area contributed by atoms with Crippen LogP contribution in [0.2, 0.25) is 0 Å². The summed E-state index contributed by atoms with van der Waals surface area (Å²) in [5.74, 6) is -0.309. The molecule has 27 heavy (non-hydrogen) atoms. The third kappa shape index (κ3) is 4.38. The molecule has 0 fully saturated rings. The predicted octanol–water partition coefficient (Wildman–Crippen LogP) is 3.59. The van der Waals surface area contributed by atoms with Gasteiger partial charge in [0.2, 0.25) is 0 Å². The monoisotopic (exact) mass is 385 g/mol. The molecule has 1 amide bonds. The molecule has 1 aromatic heterocycles. The van der Waals surface area contributed by atoms with Gasteiger partial charge in [-0.1, -0.05) is 24.3 Å². The third-order valence-electron chi connectivity index (χ3n) is 4.11. The SMILES string of the molecule is Cc1ccc(S(=O)(=O)NC(=O)c2occc2COc2ccccc2)cc1C. The number of ether oxygens (including phenoxy) is 1.